The molecular weight excluding hydrogens is 350 g/mol. The van der Waals surface area contributed by atoms with E-state index in [-0.39, 0.29) is 12.4 Å². The Balaban J connectivity index is 0.00000288. The van der Waals surface area contributed by atoms with E-state index in [2.05, 4.69) is 9.71 Å². The molecule has 1 heterocycles. The fourth-order valence-electron chi connectivity index (χ4n) is 2.46. The number of rotatable bonds is 10. The molecule has 1 aromatic carbocycles. The summed E-state index contributed by atoms with van der Waals surface area (Å²) < 4.78 is 30.1. The van der Waals surface area contributed by atoms with Crippen molar-refractivity contribution in [2.24, 2.45) is 5.73 Å². The first-order valence-corrected chi connectivity index (χ1v) is 9.76. The summed E-state index contributed by atoms with van der Waals surface area (Å²) in [4.78, 5) is 3.24. The SMILES string of the molecule is CS(=O)(=O)NCCCCCOc1ccc2[nH]cc(CCN)c2c1.Cl. The molecule has 136 valence electrons. The predicted molar refractivity (Wildman–Crippen MR) is 100 cm³/mol. The number of nitrogens with two attached hydrogens (primary N) is 1. The highest BCUT2D eigenvalue weighted by molar-refractivity contribution is 7.88. The van der Waals surface area contributed by atoms with E-state index >= 15 is 0 Å². The molecule has 0 spiro atoms. The van der Waals surface area contributed by atoms with Crippen molar-refractivity contribution in [3.63, 3.8) is 0 Å². The highest BCUT2D eigenvalue weighted by Crippen LogP contribution is 2.24. The average molecular weight is 376 g/mol. The third-order valence-corrected chi connectivity index (χ3v) is 4.34. The van der Waals surface area contributed by atoms with Crippen LogP contribution in [0.25, 0.3) is 10.9 Å². The van der Waals surface area contributed by atoms with Gasteiger partial charge in [0.15, 0.2) is 0 Å². The Hall–Kier alpha value is -1.28. The molecule has 0 aliphatic rings. The Morgan fingerprint density at radius 3 is 2.75 bits per heavy atom. The van der Waals surface area contributed by atoms with Gasteiger partial charge in [-0.05, 0) is 56.0 Å². The van der Waals surface area contributed by atoms with Crippen LogP contribution < -0.4 is 15.2 Å². The van der Waals surface area contributed by atoms with E-state index in [1.54, 1.807) is 0 Å². The molecule has 0 saturated carbocycles. The van der Waals surface area contributed by atoms with Crippen LogP contribution in [0.1, 0.15) is 24.8 Å². The van der Waals surface area contributed by atoms with Crippen LogP contribution in [0.2, 0.25) is 0 Å². The first kappa shape index (κ1) is 20.8. The molecule has 0 aliphatic carbocycles. The van der Waals surface area contributed by atoms with Crippen molar-refractivity contribution in [2.45, 2.75) is 25.7 Å². The van der Waals surface area contributed by atoms with Crippen molar-refractivity contribution in [2.75, 3.05) is 26.0 Å². The Morgan fingerprint density at radius 2 is 2.04 bits per heavy atom. The minimum absolute atomic E-state index is 0. The Bertz CT molecular complexity index is 731. The summed E-state index contributed by atoms with van der Waals surface area (Å²) in [6.07, 6.45) is 6.65. The zero-order chi connectivity index (χ0) is 16.7. The minimum Gasteiger partial charge on any atom is -0.494 e. The van der Waals surface area contributed by atoms with E-state index < -0.39 is 10.0 Å². The third kappa shape index (κ3) is 6.68. The van der Waals surface area contributed by atoms with E-state index in [0.29, 0.717) is 19.7 Å². The van der Waals surface area contributed by atoms with Gasteiger partial charge in [0.05, 0.1) is 12.9 Å². The van der Waals surface area contributed by atoms with Gasteiger partial charge in [0, 0.05) is 23.6 Å². The minimum atomic E-state index is -3.08. The quantitative estimate of drug-likeness (QED) is 0.554. The summed E-state index contributed by atoms with van der Waals surface area (Å²) in [7, 11) is -3.08. The predicted octanol–water partition coefficient (Wildman–Crippen LogP) is 2.19. The van der Waals surface area contributed by atoms with Crippen molar-refractivity contribution in [3.8, 4) is 5.75 Å². The van der Waals surface area contributed by atoms with Crippen LogP contribution in [-0.4, -0.2) is 39.4 Å². The Labute approximate surface area is 149 Å². The van der Waals surface area contributed by atoms with E-state index in [1.165, 1.54) is 11.8 Å². The smallest absolute Gasteiger partial charge is 0.208 e. The largest absolute Gasteiger partial charge is 0.494 e. The second-order valence-electron chi connectivity index (χ2n) is 5.64. The van der Waals surface area contributed by atoms with Gasteiger partial charge < -0.3 is 15.5 Å². The summed E-state index contributed by atoms with van der Waals surface area (Å²) in [5.41, 5.74) is 7.92. The number of halogens is 1. The van der Waals surface area contributed by atoms with Crippen molar-refractivity contribution >= 4 is 33.3 Å². The second-order valence-corrected chi connectivity index (χ2v) is 7.47. The van der Waals surface area contributed by atoms with Gasteiger partial charge in [-0.2, -0.15) is 0 Å². The number of nitrogens with one attached hydrogen (secondary N) is 2. The number of hydrogen-bond donors (Lipinski definition) is 3. The van der Waals surface area contributed by atoms with E-state index in [1.807, 2.05) is 24.4 Å². The van der Waals surface area contributed by atoms with Gasteiger partial charge in [0.2, 0.25) is 10.0 Å². The number of fused-ring (bicyclic) bond motifs is 1. The molecule has 0 aliphatic heterocycles. The normalized spacial score (nSPS) is 11.4. The maximum Gasteiger partial charge on any atom is 0.208 e. The monoisotopic (exact) mass is 375 g/mol. The summed E-state index contributed by atoms with van der Waals surface area (Å²) >= 11 is 0. The van der Waals surface area contributed by atoms with Crippen molar-refractivity contribution in [1.29, 1.82) is 0 Å². The Morgan fingerprint density at radius 1 is 1.25 bits per heavy atom. The molecule has 4 N–H and O–H groups in total. The van der Waals surface area contributed by atoms with E-state index in [9.17, 15) is 8.42 Å². The molecule has 0 amide bonds. The number of aromatic amines is 1. The number of benzene rings is 1. The fraction of sp³-hybridized carbons (Fsp3) is 0.500. The molecule has 0 unspecified atom stereocenters. The molecule has 24 heavy (non-hydrogen) atoms. The van der Waals surface area contributed by atoms with Gasteiger partial charge >= 0.3 is 0 Å². The van der Waals surface area contributed by atoms with Gasteiger partial charge in [0.25, 0.3) is 0 Å². The topological polar surface area (TPSA) is 97.2 Å². The van der Waals surface area contributed by atoms with Crippen molar-refractivity contribution in [1.82, 2.24) is 9.71 Å². The van der Waals surface area contributed by atoms with Gasteiger partial charge in [-0.15, -0.1) is 12.4 Å². The number of aromatic nitrogens is 1. The molecular formula is C16H26ClN3O3S. The maximum atomic E-state index is 10.9. The van der Waals surface area contributed by atoms with Crippen LogP contribution in [0.3, 0.4) is 0 Å². The number of unbranched alkanes of at least 4 members (excludes halogenated alkanes) is 2. The standard InChI is InChI=1S/C16H25N3O3S.ClH/c1-23(20,21)19-9-3-2-4-10-22-14-5-6-16-15(11-14)13(7-8-17)12-18-16;/h5-6,11-12,18-19H,2-4,7-10,17H2,1H3;1H. The van der Waals surface area contributed by atoms with Crippen LogP contribution in [0.5, 0.6) is 5.75 Å². The molecule has 1 aromatic heterocycles. The molecule has 2 rings (SSSR count). The van der Waals surface area contributed by atoms with Crippen molar-refractivity contribution in [3.05, 3.63) is 30.0 Å². The first-order valence-electron chi connectivity index (χ1n) is 7.87. The summed E-state index contributed by atoms with van der Waals surface area (Å²) in [5.74, 6) is 0.852. The van der Waals surface area contributed by atoms with Gasteiger partial charge in [-0.25, -0.2) is 13.1 Å². The molecule has 0 saturated heterocycles. The zero-order valence-electron chi connectivity index (χ0n) is 13.9. The molecule has 0 atom stereocenters. The highest BCUT2D eigenvalue weighted by Gasteiger charge is 2.05. The van der Waals surface area contributed by atoms with Crippen LogP contribution in [-0.2, 0) is 16.4 Å². The summed E-state index contributed by atoms with van der Waals surface area (Å²) in [5, 5.41) is 1.16. The lowest BCUT2D eigenvalue weighted by Crippen LogP contribution is -2.22. The van der Waals surface area contributed by atoms with E-state index in [0.717, 1.165) is 42.3 Å². The number of H-pyrrole nitrogens is 1. The van der Waals surface area contributed by atoms with Gasteiger partial charge in [-0.1, -0.05) is 0 Å². The third-order valence-electron chi connectivity index (χ3n) is 3.61. The summed E-state index contributed by atoms with van der Waals surface area (Å²) in [6, 6.07) is 6.01. The lowest BCUT2D eigenvalue weighted by Gasteiger charge is -2.07. The molecule has 0 fully saturated rings. The highest BCUT2D eigenvalue weighted by atomic mass is 35.5. The van der Waals surface area contributed by atoms with Crippen molar-refractivity contribution < 1.29 is 13.2 Å². The number of ether oxygens (including phenoxy) is 1. The van der Waals surface area contributed by atoms with Crippen LogP contribution in [0.4, 0.5) is 0 Å². The Kier molecular flexibility index (Phi) is 8.55. The molecule has 8 heteroatoms. The lowest BCUT2D eigenvalue weighted by molar-refractivity contribution is 0.306. The molecule has 2 aromatic rings. The zero-order valence-corrected chi connectivity index (χ0v) is 15.5. The molecule has 6 nitrogen and oxygen atoms in total. The van der Waals surface area contributed by atoms with E-state index in [4.69, 9.17) is 10.5 Å². The van der Waals surface area contributed by atoms with Crippen LogP contribution in [0, 0.1) is 0 Å². The van der Waals surface area contributed by atoms with Crippen LogP contribution >= 0.6 is 12.4 Å². The van der Waals surface area contributed by atoms with Gasteiger partial charge in [-0.3, -0.25) is 0 Å². The summed E-state index contributed by atoms with van der Waals surface area (Å²) in [6.45, 7) is 1.73. The lowest BCUT2D eigenvalue weighted by atomic mass is 10.1. The van der Waals surface area contributed by atoms with Gasteiger partial charge in [0.1, 0.15) is 5.75 Å². The average Bonchev–Trinajstić information content (AvgIpc) is 2.88. The second kappa shape index (κ2) is 9.88. The number of hydrogen-bond acceptors (Lipinski definition) is 4. The molecule has 0 radical (unpaired) electrons. The fourth-order valence-corrected chi connectivity index (χ4v) is 2.98. The number of sulfonamides is 1. The first-order chi connectivity index (χ1) is 11.0. The maximum absolute atomic E-state index is 10.9. The van der Waals surface area contributed by atoms with Crippen LogP contribution in [0.15, 0.2) is 24.4 Å². The molecule has 0 bridgehead atoms.